The highest BCUT2D eigenvalue weighted by atomic mass is 19.1. The smallest absolute Gasteiger partial charge is 0.141 e. The van der Waals surface area contributed by atoms with Crippen molar-refractivity contribution >= 4 is 0 Å². The van der Waals surface area contributed by atoms with Crippen LogP contribution in [0.25, 0.3) is 0 Å². The van der Waals surface area contributed by atoms with Gasteiger partial charge in [0.2, 0.25) is 0 Å². The van der Waals surface area contributed by atoms with E-state index in [9.17, 15) is 4.39 Å². The van der Waals surface area contributed by atoms with Crippen LogP contribution in [0, 0.1) is 5.82 Å². The first kappa shape index (κ1) is 13.4. The molecule has 5 heteroatoms. The van der Waals surface area contributed by atoms with Gasteiger partial charge < -0.3 is 14.8 Å². The molecule has 1 fully saturated rings. The third-order valence-electron chi connectivity index (χ3n) is 2.91. The van der Waals surface area contributed by atoms with Crippen LogP contribution in [0.2, 0.25) is 0 Å². The zero-order chi connectivity index (χ0) is 12.8. The van der Waals surface area contributed by atoms with Crippen molar-refractivity contribution in [1.82, 2.24) is 10.3 Å². The van der Waals surface area contributed by atoms with Crippen molar-refractivity contribution in [1.29, 1.82) is 0 Å². The second-order valence-electron chi connectivity index (χ2n) is 4.35. The van der Waals surface area contributed by atoms with E-state index in [0.29, 0.717) is 19.8 Å². The maximum atomic E-state index is 13.3. The predicted molar refractivity (Wildman–Crippen MR) is 65.8 cm³/mol. The summed E-state index contributed by atoms with van der Waals surface area (Å²) >= 11 is 0. The van der Waals surface area contributed by atoms with Crippen LogP contribution in [0.1, 0.15) is 24.9 Å². The van der Waals surface area contributed by atoms with E-state index in [4.69, 9.17) is 9.47 Å². The van der Waals surface area contributed by atoms with Crippen molar-refractivity contribution in [3.63, 3.8) is 0 Å². The zero-order valence-corrected chi connectivity index (χ0v) is 10.6. The number of halogens is 1. The van der Waals surface area contributed by atoms with Crippen LogP contribution in [-0.2, 0) is 9.47 Å². The Morgan fingerprint density at radius 2 is 2.39 bits per heavy atom. The van der Waals surface area contributed by atoms with Crippen molar-refractivity contribution < 1.29 is 13.9 Å². The molecule has 1 aromatic heterocycles. The maximum absolute atomic E-state index is 13.3. The van der Waals surface area contributed by atoms with Gasteiger partial charge in [0.1, 0.15) is 11.9 Å². The minimum atomic E-state index is -0.326. The summed E-state index contributed by atoms with van der Waals surface area (Å²) in [4.78, 5) is 3.90. The van der Waals surface area contributed by atoms with Crippen molar-refractivity contribution in [2.75, 3.05) is 26.4 Å². The molecule has 1 aliphatic rings. The van der Waals surface area contributed by atoms with Gasteiger partial charge in [-0.25, -0.2) is 4.39 Å². The number of ether oxygens (including phenoxy) is 2. The Balaban J connectivity index is 2.12. The molecule has 2 atom stereocenters. The highest BCUT2D eigenvalue weighted by molar-refractivity contribution is 5.17. The van der Waals surface area contributed by atoms with Crippen LogP contribution in [0.3, 0.4) is 0 Å². The van der Waals surface area contributed by atoms with Crippen LogP contribution in [0.15, 0.2) is 18.5 Å². The topological polar surface area (TPSA) is 43.4 Å². The summed E-state index contributed by atoms with van der Waals surface area (Å²) < 4.78 is 24.4. The van der Waals surface area contributed by atoms with E-state index in [1.54, 1.807) is 6.20 Å². The van der Waals surface area contributed by atoms with E-state index in [0.717, 1.165) is 18.5 Å². The molecule has 1 N–H and O–H groups in total. The van der Waals surface area contributed by atoms with Crippen molar-refractivity contribution in [3.05, 3.63) is 29.8 Å². The molecule has 0 aliphatic carbocycles. The highest BCUT2D eigenvalue weighted by Crippen LogP contribution is 2.21. The molecule has 2 unspecified atom stereocenters. The number of pyridine rings is 1. The molecule has 0 bridgehead atoms. The van der Waals surface area contributed by atoms with Gasteiger partial charge in [0.15, 0.2) is 0 Å². The van der Waals surface area contributed by atoms with Gasteiger partial charge in [-0.05, 0) is 24.6 Å². The number of nitrogens with zero attached hydrogens (tertiary/aromatic N) is 1. The predicted octanol–water partition coefficient (Wildman–Crippen LogP) is 1.68. The fourth-order valence-electron chi connectivity index (χ4n) is 2.06. The van der Waals surface area contributed by atoms with Crippen LogP contribution in [-0.4, -0.2) is 37.5 Å². The Hall–Kier alpha value is -1.04. The molecule has 0 radical (unpaired) electrons. The molecule has 0 spiro atoms. The number of aromatic nitrogens is 1. The Kier molecular flexibility index (Phi) is 5.04. The van der Waals surface area contributed by atoms with Gasteiger partial charge in [-0.2, -0.15) is 0 Å². The van der Waals surface area contributed by atoms with Gasteiger partial charge >= 0.3 is 0 Å². The average Bonchev–Trinajstić information content (AvgIpc) is 2.40. The second-order valence-corrected chi connectivity index (χ2v) is 4.35. The summed E-state index contributed by atoms with van der Waals surface area (Å²) in [5.74, 6) is -0.326. The molecule has 100 valence electrons. The molecule has 0 amide bonds. The van der Waals surface area contributed by atoms with E-state index in [1.165, 1.54) is 12.3 Å². The summed E-state index contributed by atoms with van der Waals surface area (Å²) in [6.07, 6.45) is 3.80. The molecular weight excluding hydrogens is 235 g/mol. The largest absolute Gasteiger partial charge is 0.376 e. The summed E-state index contributed by atoms with van der Waals surface area (Å²) in [5, 5.41) is 3.37. The Bertz CT molecular complexity index is 370. The summed E-state index contributed by atoms with van der Waals surface area (Å²) in [6.45, 7) is 4.67. The molecule has 1 aliphatic heterocycles. The van der Waals surface area contributed by atoms with Crippen LogP contribution >= 0.6 is 0 Å². The lowest BCUT2D eigenvalue weighted by Crippen LogP contribution is -2.41. The van der Waals surface area contributed by atoms with E-state index >= 15 is 0 Å². The quantitative estimate of drug-likeness (QED) is 0.868. The second kappa shape index (κ2) is 6.78. The molecule has 0 aromatic carbocycles. The normalized spacial score (nSPS) is 21.8. The fraction of sp³-hybridized carbons (Fsp3) is 0.615. The average molecular weight is 254 g/mol. The number of hydrogen-bond donors (Lipinski definition) is 1. The van der Waals surface area contributed by atoms with Gasteiger partial charge in [0.05, 0.1) is 32.1 Å². The lowest BCUT2D eigenvalue weighted by Gasteiger charge is -2.31. The van der Waals surface area contributed by atoms with Crippen molar-refractivity contribution in [2.45, 2.75) is 25.5 Å². The summed E-state index contributed by atoms with van der Waals surface area (Å²) in [7, 11) is 0. The molecule has 18 heavy (non-hydrogen) atoms. The minimum Gasteiger partial charge on any atom is -0.376 e. The highest BCUT2D eigenvalue weighted by Gasteiger charge is 2.26. The lowest BCUT2D eigenvalue weighted by atomic mass is 10.0. The van der Waals surface area contributed by atoms with E-state index < -0.39 is 0 Å². The first-order chi connectivity index (χ1) is 8.81. The summed E-state index contributed by atoms with van der Waals surface area (Å²) in [6, 6.07) is 1.42. The number of hydrogen-bond acceptors (Lipinski definition) is 4. The van der Waals surface area contributed by atoms with E-state index in [-0.39, 0.29) is 18.0 Å². The third-order valence-corrected chi connectivity index (χ3v) is 2.91. The monoisotopic (exact) mass is 254 g/mol. The standard InChI is InChI=1S/C13H19FN2O2/c1-2-3-16-13(12-9-17-4-5-18-12)10-6-11(14)8-15-7-10/h6-8,12-13,16H,2-5,9H2,1H3. The first-order valence-electron chi connectivity index (χ1n) is 6.34. The molecule has 0 saturated carbocycles. The summed E-state index contributed by atoms with van der Waals surface area (Å²) in [5.41, 5.74) is 0.805. The van der Waals surface area contributed by atoms with Gasteiger partial charge in [0.25, 0.3) is 0 Å². The lowest BCUT2D eigenvalue weighted by molar-refractivity contribution is -0.102. The molecule has 2 rings (SSSR count). The SMILES string of the molecule is CCCNC(c1cncc(F)c1)C1COCCO1. The molecule has 1 aromatic rings. The van der Waals surface area contributed by atoms with E-state index in [2.05, 4.69) is 17.2 Å². The maximum Gasteiger partial charge on any atom is 0.141 e. The van der Waals surface area contributed by atoms with Gasteiger partial charge in [-0.1, -0.05) is 6.92 Å². The third kappa shape index (κ3) is 3.48. The van der Waals surface area contributed by atoms with Gasteiger partial charge in [0, 0.05) is 6.20 Å². The number of rotatable bonds is 5. The van der Waals surface area contributed by atoms with Crippen molar-refractivity contribution in [3.8, 4) is 0 Å². The van der Waals surface area contributed by atoms with Crippen LogP contribution in [0.4, 0.5) is 4.39 Å². The molecule has 4 nitrogen and oxygen atoms in total. The zero-order valence-electron chi connectivity index (χ0n) is 10.6. The van der Waals surface area contributed by atoms with E-state index in [1.807, 2.05) is 0 Å². The van der Waals surface area contributed by atoms with Gasteiger partial charge in [-0.15, -0.1) is 0 Å². The Morgan fingerprint density at radius 3 is 3.06 bits per heavy atom. The van der Waals surface area contributed by atoms with Gasteiger partial charge in [-0.3, -0.25) is 4.98 Å². The Morgan fingerprint density at radius 1 is 1.50 bits per heavy atom. The first-order valence-corrected chi connectivity index (χ1v) is 6.34. The fourth-order valence-corrected chi connectivity index (χ4v) is 2.06. The molecular formula is C13H19FN2O2. The Labute approximate surface area is 107 Å². The molecule has 1 saturated heterocycles. The van der Waals surface area contributed by atoms with Crippen LogP contribution in [0.5, 0.6) is 0 Å². The van der Waals surface area contributed by atoms with Crippen LogP contribution < -0.4 is 5.32 Å². The number of nitrogens with one attached hydrogen (secondary N) is 1. The van der Waals surface area contributed by atoms with Crippen molar-refractivity contribution in [2.24, 2.45) is 0 Å². The minimum absolute atomic E-state index is 0.0755. The molecule has 2 heterocycles.